The molecule has 1 heterocycles. The zero-order valence-corrected chi connectivity index (χ0v) is 22.5. The first kappa shape index (κ1) is 24.5. The molecule has 0 unspecified atom stereocenters. The number of carbonyl (C=O) groups is 2. The van der Waals surface area contributed by atoms with E-state index >= 15 is 0 Å². The highest BCUT2D eigenvalue weighted by Crippen LogP contribution is 2.60. The molecular weight excluding hydrogens is 506 g/mol. The fourth-order valence-electron chi connectivity index (χ4n) is 7.07. The van der Waals surface area contributed by atoms with Crippen LogP contribution in [0.1, 0.15) is 44.1 Å². The summed E-state index contributed by atoms with van der Waals surface area (Å²) in [6, 6.07) is 12.7. The molecule has 2 aromatic carbocycles. The normalized spacial score (nSPS) is 29.2. The maximum Gasteiger partial charge on any atom is 0.317 e. The minimum absolute atomic E-state index is 0.115. The Morgan fingerprint density at radius 3 is 2.27 bits per heavy atom. The first-order valence-electron chi connectivity index (χ1n) is 12.7. The topological polar surface area (TPSA) is 65.1 Å². The van der Waals surface area contributed by atoms with Gasteiger partial charge in [0.1, 0.15) is 5.75 Å². The predicted octanol–water partition coefficient (Wildman–Crippen LogP) is 6.23. The van der Waals surface area contributed by atoms with E-state index in [9.17, 15) is 9.59 Å². The van der Waals surface area contributed by atoms with Crippen molar-refractivity contribution in [3.05, 3.63) is 52.9 Å². The van der Waals surface area contributed by atoms with Gasteiger partial charge in [-0.1, -0.05) is 42.2 Å². The van der Waals surface area contributed by atoms with Crippen LogP contribution in [0.15, 0.2) is 47.4 Å². The van der Waals surface area contributed by atoms with Crippen molar-refractivity contribution in [1.29, 1.82) is 0 Å². The van der Waals surface area contributed by atoms with Crippen LogP contribution in [0.5, 0.6) is 17.2 Å². The molecule has 0 atom stereocenters. The third kappa shape index (κ3) is 4.34. The van der Waals surface area contributed by atoms with Gasteiger partial charge in [0.05, 0.1) is 30.2 Å². The van der Waals surface area contributed by atoms with E-state index in [2.05, 4.69) is 0 Å². The molecule has 5 aliphatic rings. The Morgan fingerprint density at radius 1 is 0.973 bits per heavy atom. The molecule has 8 heteroatoms. The molecule has 4 bridgehead atoms. The van der Waals surface area contributed by atoms with Gasteiger partial charge in [-0.25, -0.2) is 0 Å². The lowest BCUT2D eigenvalue weighted by Gasteiger charge is -2.55. The van der Waals surface area contributed by atoms with Crippen LogP contribution >= 0.6 is 24.0 Å². The number of thiocarbonyl (C=S) groups is 1. The molecule has 1 saturated heterocycles. The van der Waals surface area contributed by atoms with Crippen LogP contribution in [0.25, 0.3) is 6.08 Å². The molecular formula is C29H29NO5S2. The number of rotatable bonds is 6. The molecule has 5 fully saturated rings. The van der Waals surface area contributed by atoms with Gasteiger partial charge < -0.3 is 14.2 Å². The van der Waals surface area contributed by atoms with Gasteiger partial charge in [-0.15, -0.1) is 0 Å². The summed E-state index contributed by atoms with van der Waals surface area (Å²) in [6.45, 7) is 0. The van der Waals surface area contributed by atoms with Crippen LogP contribution in [0.2, 0.25) is 0 Å². The molecule has 1 amide bonds. The number of benzene rings is 2. The van der Waals surface area contributed by atoms with Crippen LogP contribution in [0.3, 0.4) is 0 Å². The minimum Gasteiger partial charge on any atom is -0.495 e. The van der Waals surface area contributed by atoms with Gasteiger partial charge in [0.2, 0.25) is 0 Å². The van der Waals surface area contributed by atoms with Crippen molar-refractivity contribution in [3.63, 3.8) is 0 Å². The number of anilines is 1. The summed E-state index contributed by atoms with van der Waals surface area (Å²) < 4.78 is 17.4. The summed E-state index contributed by atoms with van der Waals surface area (Å²) in [4.78, 5) is 28.7. The van der Waals surface area contributed by atoms with Crippen molar-refractivity contribution in [3.8, 4) is 17.2 Å². The third-order valence-corrected chi connectivity index (χ3v) is 9.58. The number of ether oxygens (including phenoxy) is 3. The van der Waals surface area contributed by atoms with Gasteiger partial charge in [-0.2, -0.15) is 0 Å². The zero-order valence-electron chi connectivity index (χ0n) is 20.9. The SMILES string of the molecule is COc1cc(/C=C2\SC(=S)N(c3ccccc3OC)C2=O)ccc1OC(=O)C12CC3CC(CC(C3)C1)C2. The summed E-state index contributed by atoms with van der Waals surface area (Å²) >= 11 is 6.75. The van der Waals surface area contributed by atoms with Crippen molar-refractivity contribution in [2.75, 3.05) is 19.1 Å². The Kier molecular flexibility index (Phi) is 6.27. The number of hydrogen-bond donors (Lipinski definition) is 0. The van der Waals surface area contributed by atoms with Gasteiger partial charge in [0.15, 0.2) is 15.8 Å². The van der Waals surface area contributed by atoms with Crippen LogP contribution in [0.4, 0.5) is 5.69 Å². The van der Waals surface area contributed by atoms with E-state index in [1.54, 1.807) is 38.5 Å². The number of para-hydroxylation sites is 2. The third-order valence-electron chi connectivity index (χ3n) is 8.28. The summed E-state index contributed by atoms with van der Waals surface area (Å²) in [5, 5.41) is 0. The number of hydrogen-bond acceptors (Lipinski definition) is 7. The summed E-state index contributed by atoms with van der Waals surface area (Å²) in [5.41, 5.74) is 1.03. The maximum atomic E-state index is 13.4. The van der Waals surface area contributed by atoms with Gasteiger partial charge in [0.25, 0.3) is 5.91 Å². The first-order chi connectivity index (χ1) is 17.9. The highest BCUT2D eigenvalue weighted by Gasteiger charge is 2.55. The highest BCUT2D eigenvalue weighted by atomic mass is 32.2. The second-order valence-corrected chi connectivity index (χ2v) is 12.4. The number of methoxy groups -OCH3 is 2. The van der Waals surface area contributed by atoms with Crippen LogP contribution in [-0.4, -0.2) is 30.4 Å². The molecule has 0 N–H and O–H groups in total. The number of amides is 1. The lowest BCUT2D eigenvalue weighted by atomic mass is 9.49. The summed E-state index contributed by atoms with van der Waals surface area (Å²) in [6.07, 6.45) is 8.45. The number of thioether (sulfide) groups is 1. The Balaban J connectivity index is 1.22. The minimum atomic E-state index is -0.342. The zero-order chi connectivity index (χ0) is 25.7. The van der Waals surface area contributed by atoms with Crippen molar-refractivity contribution in [1.82, 2.24) is 0 Å². The van der Waals surface area contributed by atoms with E-state index in [0.29, 0.717) is 49.9 Å². The smallest absolute Gasteiger partial charge is 0.317 e. The molecule has 1 aliphatic heterocycles. The second kappa shape index (κ2) is 9.48. The number of esters is 1. The van der Waals surface area contributed by atoms with Crippen molar-refractivity contribution >= 4 is 51.9 Å². The maximum absolute atomic E-state index is 13.4. The quantitative estimate of drug-likeness (QED) is 0.188. The van der Waals surface area contributed by atoms with Crippen molar-refractivity contribution < 1.29 is 23.8 Å². The predicted molar refractivity (Wildman–Crippen MR) is 148 cm³/mol. The molecule has 192 valence electrons. The van der Waals surface area contributed by atoms with Crippen LogP contribution < -0.4 is 19.1 Å². The highest BCUT2D eigenvalue weighted by molar-refractivity contribution is 8.27. The summed E-state index contributed by atoms with van der Waals surface area (Å²) in [7, 11) is 3.12. The molecule has 4 aliphatic carbocycles. The fourth-order valence-corrected chi connectivity index (χ4v) is 8.35. The van der Waals surface area contributed by atoms with Crippen molar-refractivity contribution in [2.24, 2.45) is 23.2 Å². The second-order valence-electron chi connectivity index (χ2n) is 10.7. The molecule has 2 aromatic rings. The van der Waals surface area contributed by atoms with E-state index in [0.717, 1.165) is 24.8 Å². The van der Waals surface area contributed by atoms with E-state index in [4.69, 9.17) is 26.4 Å². The lowest BCUT2D eigenvalue weighted by Crippen LogP contribution is -2.51. The van der Waals surface area contributed by atoms with E-state index in [1.807, 2.05) is 24.3 Å². The van der Waals surface area contributed by atoms with Gasteiger partial charge >= 0.3 is 5.97 Å². The standard InChI is InChI=1S/C29H29NO5S2/c1-33-22-6-4-3-5-21(22)30-26(31)25(37-28(30)36)13-17-7-8-23(24(12-17)34-2)35-27(32)29-14-18-9-19(15-29)11-20(10-18)16-29/h3-8,12-13,18-20H,9-11,14-16H2,1-2H3/b25-13-. The van der Waals surface area contributed by atoms with Gasteiger partial charge in [-0.3, -0.25) is 14.5 Å². The van der Waals surface area contributed by atoms with Crippen LogP contribution in [0, 0.1) is 23.2 Å². The Bertz CT molecular complexity index is 1280. The average Bonchev–Trinajstić information content (AvgIpc) is 3.16. The average molecular weight is 536 g/mol. The molecule has 0 aromatic heterocycles. The fraction of sp³-hybridized carbons (Fsp3) is 0.414. The van der Waals surface area contributed by atoms with E-state index in [1.165, 1.54) is 35.9 Å². The Morgan fingerprint density at radius 2 is 1.62 bits per heavy atom. The molecule has 0 radical (unpaired) electrons. The monoisotopic (exact) mass is 535 g/mol. The Labute approximate surface area is 226 Å². The lowest BCUT2D eigenvalue weighted by molar-refractivity contribution is -0.161. The largest absolute Gasteiger partial charge is 0.495 e. The van der Waals surface area contributed by atoms with Gasteiger partial charge in [-0.05, 0) is 92.2 Å². The van der Waals surface area contributed by atoms with E-state index in [-0.39, 0.29) is 17.3 Å². The molecule has 6 nitrogen and oxygen atoms in total. The van der Waals surface area contributed by atoms with Crippen molar-refractivity contribution in [2.45, 2.75) is 38.5 Å². The van der Waals surface area contributed by atoms with Crippen LogP contribution in [-0.2, 0) is 9.59 Å². The molecule has 37 heavy (non-hydrogen) atoms. The summed E-state index contributed by atoms with van der Waals surface area (Å²) in [5.74, 6) is 3.12. The number of nitrogens with zero attached hydrogens (tertiary/aromatic N) is 1. The molecule has 7 rings (SSSR count). The molecule has 4 saturated carbocycles. The number of carbonyl (C=O) groups excluding carboxylic acids is 2. The Hall–Kier alpha value is -2.84. The van der Waals surface area contributed by atoms with E-state index < -0.39 is 0 Å². The molecule has 0 spiro atoms. The van der Waals surface area contributed by atoms with Gasteiger partial charge in [0, 0.05) is 0 Å². The first-order valence-corrected chi connectivity index (χ1v) is 13.9.